The smallest absolute Gasteiger partial charge is 0.115 e. The van der Waals surface area contributed by atoms with Crippen LogP contribution in [0, 0.1) is 5.41 Å². The summed E-state index contributed by atoms with van der Waals surface area (Å²) < 4.78 is 0. The van der Waals surface area contributed by atoms with Gasteiger partial charge in [-0.1, -0.05) is 49.4 Å². The highest BCUT2D eigenvalue weighted by Gasteiger charge is 2.15. The number of aliphatic hydroxyl groups is 1. The summed E-state index contributed by atoms with van der Waals surface area (Å²) in [6.45, 7) is 9.48. The van der Waals surface area contributed by atoms with Gasteiger partial charge in [-0.3, -0.25) is 0 Å². The minimum atomic E-state index is -0.789. The summed E-state index contributed by atoms with van der Waals surface area (Å²) in [6.07, 6.45) is 10.5. The predicted molar refractivity (Wildman–Crippen MR) is 85.5 cm³/mol. The zero-order valence-corrected chi connectivity index (χ0v) is 12.5. The predicted octanol–water partition coefficient (Wildman–Crippen LogP) is 4.31. The van der Waals surface area contributed by atoms with Crippen molar-refractivity contribution < 1.29 is 10.2 Å². The lowest BCUT2D eigenvalue weighted by atomic mass is 9.85. The molecule has 0 saturated carbocycles. The largest absolute Gasteiger partial charge is 0.508 e. The van der Waals surface area contributed by atoms with E-state index in [-0.39, 0.29) is 11.2 Å². The number of benzene rings is 1. The number of allylic oxidation sites excluding steroid dienone is 3. The van der Waals surface area contributed by atoms with Crippen LogP contribution in [0.1, 0.15) is 32.8 Å². The molecule has 0 unspecified atom stereocenters. The lowest BCUT2D eigenvalue weighted by Gasteiger charge is -2.20. The summed E-state index contributed by atoms with van der Waals surface area (Å²) in [5, 5.41) is 18.9. The zero-order chi connectivity index (χ0) is 15.2. The van der Waals surface area contributed by atoms with Gasteiger partial charge in [-0.2, -0.15) is 0 Å². The molecule has 0 amide bonds. The van der Waals surface area contributed by atoms with E-state index in [1.165, 1.54) is 0 Å². The fourth-order valence-corrected chi connectivity index (χ4v) is 1.69. The average Bonchev–Trinajstić information content (AvgIpc) is 2.37. The van der Waals surface area contributed by atoms with E-state index < -0.39 is 5.60 Å². The van der Waals surface area contributed by atoms with Crippen LogP contribution in [0.25, 0.3) is 6.08 Å². The van der Waals surface area contributed by atoms with Crippen LogP contribution in [0.15, 0.2) is 55.1 Å². The van der Waals surface area contributed by atoms with Crippen molar-refractivity contribution in [2.24, 2.45) is 5.41 Å². The molecule has 1 atom stereocenters. The van der Waals surface area contributed by atoms with Crippen molar-refractivity contribution in [2.45, 2.75) is 32.8 Å². The molecule has 0 fully saturated rings. The van der Waals surface area contributed by atoms with Crippen molar-refractivity contribution in [2.75, 3.05) is 0 Å². The Kier molecular flexibility index (Phi) is 5.34. The Hall–Kier alpha value is -1.80. The molecule has 20 heavy (non-hydrogen) atoms. The number of phenolic OH excluding ortho intramolecular Hbond substituents is 1. The molecule has 1 aromatic rings. The van der Waals surface area contributed by atoms with E-state index in [4.69, 9.17) is 0 Å². The second-order valence-electron chi connectivity index (χ2n) is 5.89. The van der Waals surface area contributed by atoms with Crippen molar-refractivity contribution in [1.82, 2.24) is 0 Å². The summed E-state index contributed by atoms with van der Waals surface area (Å²) in [5.74, 6) is 0.266. The maximum Gasteiger partial charge on any atom is 0.115 e. The first kappa shape index (κ1) is 16.3. The molecule has 0 spiro atoms. The molecule has 0 aromatic heterocycles. The van der Waals surface area contributed by atoms with Gasteiger partial charge in [0.05, 0.1) is 5.60 Å². The van der Waals surface area contributed by atoms with E-state index in [0.29, 0.717) is 0 Å². The van der Waals surface area contributed by atoms with E-state index >= 15 is 0 Å². The van der Waals surface area contributed by atoms with Crippen LogP contribution in [0.2, 0.25) is 0 Å². The fourth-order valence-electron chi connectivity index (χ4n) is 1.69. The summed E-state index contributed by atoms with van der Waals surface area (Å²) in [4.78, 5) is 0. The lowest BCUT2D eigenvalue weighted by Crippen LogP contribution is -2.14. The van der Waals surface area contributed by atoms with E-state index in [1.807, 2.05) is 30.4 Å². The molecule has 0 saturated heterocycles. The van der Waals surface area contributed by atoms with Crippen molar-refractivity contribution in [3.63, 3.8) is 0 Å². The van der Waals surface area contributed by atoms with Crippen molar-refractivity contribution in [1.29, 1.82) is 0 Å². The highest BCUT2D eigenvalue weighted by Crippen LogP contribution is 2.27. The fraction of sp³-hybridized carbons (Fsp3) is 0.333. The van der Waals surface area contributed by atoms with Gasteiger partial charge in [-0.15, -0.1) is 6.58 Å². The number of hydrogen-bond donors (Lipinski definition) is 2. The molecule has 0 radical (unpaired) electrons. The maximum atomic E-state index is 9.67. The third kappa shape index (κ3) is 5.89. The van der Waals surface area contributed by atoms with Gasteiger partial charge >= 0.3 is 0 Å². The number of rotatable bonds is 6. The number of hydrogen-bond acceptors (Lipinski definition) is 2. The monoisotopic (exact) mass is 272 g/mol. The van der Waals surface area contributed by atoms with Crippen LogP contribution in [0.3, 0.4) is 0 Å². The van der Waals surface area contributed by atoms with Gasteiger partial charge in [-0.05, 0) is 38.0 Å². The van der Waals surface area contributed by atoms with Gasteiger partial charge in [0.2, 0.25) is 0 Å². The Bertz CT molecular complexity index is 489. The summed E-state index contributed by atoms with van der Waals surface area (Å²) >= 11 is 0. The molecular formula is C18H24O2. The van der Waals surface area contributed by atoms with Gasteiger partial charge in [0.1, 0.15) is 5.75 Å². The average molecular weight is 272 g/mol. The van der Waals surface area contributed by atoms with Crippen LogP contribution >= 0.6 is 0 Å². The van der Waals surface area contributed by atoms with Gasteiger partial charge in [-0.25, -0.2) is 0 Å². The van der Waals surface area contributed by atoms with Crippen LogP contribution in [-0.2, 0) is 0 Å². The van der Waals surface area contributed by atoms with E-state index in [0.717, 1.165) is 12.0 Å². The van der Waals surface area contributed by atoms with Crippen LogP contribution in [-0.4, -0.2) is 15.8 Å². The standard InChI is InChI=1S/C18H24O2/c1-5-18(4,13-6-12-17(2,3)20)14-11-15-7-9-16(19)10-8-15/h5-12,14,19-20H,1,13H2,2-4H3/b12-6+,14-11+/t18-/m0/s1. The van der Waals surface area contributed by atoms with E-state index in [9.17, 15) is 10.2 Å². The molecule has 1 aromatic carbocycles. The summed E-state index contributed by atoms with van der Waals surface area (Å²) in [7, 11) is 0. The highest BCUT2D eigenvalue weighted by molar-refractivity contribution is 5.51. The van der Waals surface area contributed by atoms with Gasteiger partial charge in [0.25, 0.3) is 0 Å². The van der Waals surface area contributed by atoms with Crippen LogP contribution in [0.5, 0.6) is 5.75 Å². The second kappa shape index (κ2) is 6.58. The van der Waals surface area contributed by atoms with E-state index in [2.05, 4.69) is 19.6 Å². The molecule has 2 N–H and O–H groups in total. The molecule has 2 heteroatoms. The van der Waals surface area contributed by atoms with Crippen molar-refractivity contribution in [3.8, 4) is 5.75 Å². The third-order valence-corrected chi connectivity index (χ3v) is 3.10. The Balaban J connectivity index is 2.76. The first-order valence-electron chi connectivity index (χ1n) is 6.76. The van der Waals surface area contributed by atoms with Crippen LogP contribution in [0.4, 0.5) is 0 Å². The summed E-state index contributed by atoms with van der Waals surface area (Å²) in [5.41, 5.74) is 0.0740. The third-order valence-electron chi connectivity index (χ3n) is 3.10. The topological polar surface area (TPSA) is 40.5 Å². The molecule has 0 heterocycles. The van der Waals surface area contributed by atoms with Crippen LogP contribution < -0.4 is 0 Å². The molecule has 0 aliphatic carbocycles. The summed E-state index contributed by atoms with van der Waals surface area (Å²) in [6, 6.07) is 7.06. The molecule has 1 rings (SSSR count). The van der Waals surface area contributed by atoms with Gasteiger partial charge < -0.3 is 10.2 Å². The minimum absolute atomic E-state index is 0.167. The number of aromatic hydroxyl groups is 1. The molecule has 0 bridgehead atoms. The second-order valence-corrected chi connectivity index (χ2v) is 5.89. The molecular weight excluding hydrogens is 248 g/mol. The SMILES string of the molecule is C=C[C@](C)(/C=C/c1ccc(O)cc1)C/C=C/C(C)(C)O. The van der Waals surface area contributed by atoms with Crippen molar-refractivity contribution >= 4 is 6.08 Å². The first-order chi connectivity index (χ1) is 9.24. The maximum absolute atomic E-state index is 9.67. The quantitative estimate of drug-likeness (QED) is 0.757. The van der Waals surface area contributed by atoms with Crippen molar-refractivity contribution in [3.05, 3.63) is 60.7 Å². The molecule has 2 nitrogen and oxygen atoms in total. The normalized spacial score (nSPS) is 15.6. The Morgan fingerprint density at radius 3 is 2.20 bits per heavy atom. The lowest BCUT2D eigenvalue weighted by molar-refractivity contribution is 0.132. The minimum Gasteiger partial charge on any atom is -0.508 e. The molecule has 0 aliphatic heterocycles. The number of phenols is 1. The van der Waals surface area contributed by atoms with Gasteiger partial charge in [0, 0.05) is 5.41 Å². The van der Waals surface area contributed by atoms with Gasteiger partial charge in [0.15, 0.2) is 0 Å². The Labute approximate surface area is 121 Å². The first-order valence-corrected chi connectivity index (χ1v) is 6.76. The molecule has 0 aliphatic rings. The highest BCUT2D eigenvalue weighted by atomic mass is 16.3. The van der Waals surface area contributed by atoms with E-state index in [1.54, 1.807) is 32.1 Å². The Morgan fingerprint density at radius 1 is 1.10 bits per heavy atom. The Morgan fingerprint density at radius 2 is 1.70 bits per heavy atom. The zero-order valence-electron chi connectivity index (χ0n) is 12.5. The molecule has 108 valence electrons.